The van der Waals surface area contributed by atoms with Gasteiger partial charge in [0.2, 0.25) is 0 Å². The highest BCUT2D eigenvalue weighted by molar-refractivity contribution is 6.83. The highest BCUT2D eigenvalue weighted by atomic mass is 28.3. The van der Waals surface area contributed by atoms with Gasteiger partial charge in [0.1, 0.15) is 13.9 Å². The van der Waals surface area contributed by atoms with Crippen molar-refractivity contribution in [2.45, 2.75) is 44.9 Å². The Balaban J connectivity index is 2.11. The highest BCUT2D eigenvalue weighted by Crippen LogP contribution is 2.26. The molecule has 1 heterocycles. The monoisotopic (exact) mass is 354 g/mol. The number of Topliss-reactive ketones (excluding diaryl/α,β-unsaturated/α-hetero) is 2. The summed E-state index contributed by atoms with van der Waals surface area (Å²) < 4.78 is 3.10. The molecule has 130 valence electrons. The summed E-state index contributed by atoms with van der Waals surface area (Å²) in [6.45, 7) is 6.54. The van der Waals surface area contributed by atoms with Gasteiger partial charge in [-0.2, -0.15) is 0 Å². The predicted octanol–water partition coefficient (Wildman–Crippen LogP) is 2.43. The zero-order valence-electron chi connectivity index (χ0n) is 15.0. The van der Waals surface area contributed by atoms with E-state index in [4.69, 9.17) is 0 Å². The molecule has 0 saturated heterocycles. The average Bonchev–Trinajstić information content (AvgIpc) is 2.77. The summed E-state index contributed by atoms with van der Waals surface area (Å²) in [6, 6.07) is 5.10. The van der Waals surface area contributed by atoms with Gasteiger partial charge in [-0.25, -0.2) is 4.79 Å². The van der Waals surface area contributed by atoms with Gasteiger partial charge in [-0.15, -0.1) is 5.54 Å². The molecule has 0 N–H and O–H groups in total. The van der Waals surface area contributed by atoms with Crippen molar-refractivity contribution in [2.75, 3.05) is 0 Å². The van der Waals surface area contributed by atoms with E-state index in [-0.39, 0.29) is 23.7 Å². The molecule has 0 radical (unpaired) electrons. The summed E-state index contributed by atoms with van der Waals surface area (Å²) in [7, 11) is 0.223. The van der Waals surface area contributed by atoms with Crippen LogP contribution in [0.15, 0.2) is 23.0 Å². The number of carbonyl (C=O) groups excluding carboxylic acids is 2. The van der Waals surface area contributed by atoms with Crippen LogP contribution in [0.25, 0.3) is 11.0 Å². The van der Waals surface area contributed by atoms with Crippen LogP contribution < -0.4 is 5.69 Å². The topological polar surface area (TPSA) is 61.1 Å². The second-order valence-corrected chi connectivity index (χ2v) is 12.4. The molecule has 1 fully saturated rings. The van der Waals surface area contributed by atoms with E-state index in [1.54, 1.807) is 16.2 Å². The largest absolute Gasteiger partial charge is 0.329 e. The van der Waals surface area contributed by atoms with Crippen molar-refractivity contribution in [2.24, 2.45) is 7.05 Å². The molecule has 3 rings (SSSR count). The summed E-state index contributed by atoms with van der Waals surface area (Å²) in [5.74, 6) is 2.99. The molecule has 0 amide bonds. The standard InChI is InChI=1S/C19H22N2O3Si/c1-20-17-11-13(9-10-25(2,3)4)5-7-15(17)21(19(20)24)16-8-6-14(22)12-18(16)23/h5,7,11,16H,6,8,12H2,1-4H3. The number of nitrogens with zero attached hydrogens (tertiary/aromatic N) is 2. The summed E-state index contributed by atoms with van der Waals surface area (Å²) >= 11 is 0. The third kappa shape index (κ3) is 3.38. The van der Waals surface area contributed by atoms with Crippen LogP contribution >= 0.6 is 0 Å². The van der Waals surface area contributed by atoms with Crippen molar-refractivity contribution in [3.05, 3.63) is 34.2 Å². The lowest BCUT2D eigenvalue weighted by atomic mass is 9.93. The number of imidazole rings is 1. The lowest BCUT2D eigenvalue weighted by Gasteiger charge is -2.21. The van der Waals surface area contributed by atoms with Crippen LogP contribution in [-0.2, 0) is 16.6 Å². The van der Waals surface area contributed by atoms with Crippen LogP contribution in [-0.4, -0.2) is 28.8 Å². The Labute approximate surface area is 147 Å². The molecule has 1 aromatic heterocycles. The Morgan fingerprint density at radius 2 is 1.84 bits per heavy atom. The number of aryl methyl sites for hydroxylation is 1. The molecule has 6 heteroatoms. The summed E-state index contributed by atoms with van der Waals surface area (Å²) in [6.07, 6.45) is 0.667. The molecule has 1 unspecified atom stereocenters. The summed E-state index contributed by atoms with van der Waals surface area (Å²) in [5.41, 5.74) is 5.45. The number of benzene rings is 1. The van der Waals surface area contributed by atoms with Crippen LogP contribution in [0, 0.1) is 11.5 Å². The van der Waals surface area contributed by atoms with Gasteiger partial charge in [-0.3, -0.25) is 18.7 Å². The minimum absolute atomic E-state index is 0.0431. The van der Waals surface area contributed by atoms with Gasteiger partial charge in [0.05, 0.1) is 23.5 Å². The molecule has 1 aromatic carbocycles. The van der Waals surface area contributed by atoms with Crippen molar-refractivity contribution < 1.29 is 9.59 Å². The third-order valence-electron chi connectivity index (χ3n) is 4.42. The Kier molecular flexibility index (Phi) is 4.29. The van der Waals surface area contributed by atoms with Crippen LogP contribution in [0.5, 0.6) is 0 Å². The van der Waals surface area contributed by atoms with Crippen molar-refractivity contribution in [3.8, 4) is 11.5 Å². The molecular weight excluding hydrogens is 332 g/mol. The van der Waals surface area contributed by atoms with Gasteiger partial charge < -0.3 is 0 Å². The van der Waals surface area contributed by atoms with E-state index in [0.29, 0.717) is 12.8 Å². The van der Waals surface area contributed by atoms with E-state index in [1.807, 2.05) is 18.2 Å². The molecule has 25 heavy (non-hydrogen) atoms. The van der Waals surface area contributed by atoms with Gasteiger partial charge in [0.15, 0.2) is 5.78 Å². The fourth-order valence-corrected chi connectivity index (χ4v) is 3.65. The number of hydrogen-bond donors (Lipinski definition) is 0. The van der Waals surface area contributed by atoms with E-state index < -0.39 is 14.1 Å². The molecular formula is C19H22N2O3Si. The highest BCUT2D eigenvalue weighted by Gasteiger charge is 2.31. The number of fused-ring (bicyclic) bond motifs is 1. The van der Waals surface area contributed by atoms with Crippen molar-refractivity contribution in [1.82, 2.24) is 9.13 Å². The molecule has 1 aliphatic rings. The zero-order chi connectivity index (χ0) is 18.4. The number of aromatic nitrogens is 2. The van der Waals surface area contributed by atoms with Crippen molar-refractivity contribution in [1.29, 1.82) is 0 Å². The van der Waals surface area contributed by atoms with Crippen LogP contribution in [0.1, 0.15) is 30.9 Å². The Morgan fingerprint density at radius 3 is 2.48 bits per heavy atom. The first-order valence-corrected chi connectivity index (χ1v) is 12.0. The number of rotatable bonds is 1. The fourth-order valence-electron chi connectivity index (χ4n) is 3.13. The van der Waals surface area contributed by atoms with E-state index in [1.165, 1.54) is 0 Å². The van der Waals surface area contributed by atoms with E-state index in [2.05, 4.69) is 31.1 Å². The Bertz CT molecular complexity index is 996. The SMILES string of the molecule is Cn1c(=O)n(C2CCC(=O)CC2=O)c2ccc(C#C[Si](C)(C)C)cc21. The van der Waals surface area contributed by atoms with E-state index >= 15 is 0 Å². The molecule has 1 atom stereocenters. The van der Waals surface area contributed by atoms with Crippen molar-refractivity contribution in [3.63, 3.8) is 0 Å². The first-order chi connectivity index (χ1) is 11.7. The van der Waals surface area contributed by atoms with Crippen LogP contribution in [0.4, 0.5) is 0 Å². The minimum atomic E-state index is -1.48. The maximum atomic E-state index is 12.7. The normalized spacial score (nSPS) is 18.3. The predicted molar refractivity (Wildman–Crippen MR) is 100 cm³/mol. The zero-order valence-corrected chi connectivity index (χ0v) is 16.0. The smallest absolute Gasteiger partial charge is 0.299 e. The number of ketones is 2. The van der Waals surface area contributed by atoms with Crippen LogP contribution in [0.3, 0.4) is 0 Å². The molecule has 0 bridgehead atoms. The van der Waals surface area contributed by atoms with Gasteiger partial charge >= 0.3 is 5.69 Å². The van der Waals surface area contributed by atoms with E-state index in [9.17, 15) is 14.4 Å². The van der Waals surface area contributed by atoms with E-state index in [0.717, 1.165) is 16.6 Å². The van der Waals surface area contributed by atoms with Gasteiger partial charge in [0, 0.05) is 19.0 Å². The van der Waals surface area contributed by atoms with Gasteiger partial charge in [0.25, 0.3) is 0 Å². The lowest BCUT2D eigenvalue weighted by molar-refractivity contribution is -0.132. The third-order valence-corrected chi connectivity index (χ3v) is 5.30. The molecule has 5 nitrogen and oxygen atoms in total. The second-order valence-electron chi connectivity index (χ2n) is 7.65. The maximum absolute atomic E-state index is 12.7. The molecule has 0 aliphatic heterocycles. The maximum Gasteiger partial charge on any atom is 0.329 e. The summed E-state index contributed by atoms with van der Waals surface area (Å²) in [4.78, 5) is 36.5. The van der Waals surface area contributed by atoms with Gasteiger partial charge in [-0.05, 0) is 24.6 Å². The van der Waals surface area contributed by atoms with Crippen molar-refractivity contribution >= 4 is 30.7 Å². The molecule has 2 aromatic rings. The average molecular weight is 354 g/mol. The Morgan fingerprint density at radius 1 is 1.12 bits per heavy atom. The fraction of sp³-hybridized carbons (Fsp3) is 0.421. The minimum Gasteiger partial charge on any atom is -0.299 e. The molecule has 1 saturated carbocycles. The first kappa shape index (κ1) is 17.4. The molecule has 0 spiro atoms. The number of carbonyl (C=O) groups is 2. The van der Waals surface area contributed by atoms with Crippen LogP contribution in [0.2, 0.25) is 19.6 Å². The second kappa shape index (κ2) is 6.16. The van der Waals surface area contributed by atoms with Gasteiger partial charge in [-0.1, -0.05) is 25.6 Å². The number of hydrogen-bond acceptors (Lipinski definition) is 3. The quantitative estimate of drug-likeness (QED) is 0.449. The first-order valence-electron chi connectivity index (χ1n) is 8.46. The molecule has 1 aliphatic carbocycles. The summed E-state index contributed by atoms with van der Waals surface area (Å²) in [5, 5.41) is 0. The Hall–Kier alpha value is -2.39. The lowest BCUT2D eigenvalue weighted by Crippen LogP contribution is -2.34.